The smallest absolute Gasteiger partial charge is 0.442 e. The predicted molar refractivity (Wildman–Crippen MR) is 112 cm³/mol. The molecule has 3 aliphatic rings. The van der Waals surface area contributed by atoms with Crippen molar-refractivity contribution in [2.45, 2.75) is 57.1 Å². The van der Waals surface area contributed by atoms with Gasteiger partial charge in [0.2, 0.25) is 0 Å². The number of aryl methyl sites for hydroxylation is 3. The highest BCUT2D eigenvalue weighted by Crippen LogP contribution is 2.46. The zero-order valence-corrected chi connectivity index (χ0v) is 17.6. The van der Waals surface area contributed by atoms with E-state index in [4.69, 9.17) is 10.3 Å². The Kier molecular flexibility index (Phi) is 4.66. The van der Waals surface area contributed by atoms with Crippen LogP contribution in [0.25, 0.3) is 0 Å². The van der Waals surface area contributed by atoms with Crippen molar-refractivity contribution in [2.24, 2.45) is 0 Å². The van der Waals surface area contributed by atoms with Crippen LogP contribution >= 0.6 is 11.3 Å². The van der Waals surface area contributed by atoms with Crippen LogP contribution < -0.4 is 0 Å². The Morgan fingerprint density at radius 2 is 2.07 bits per heavy atom. The van der Waals surface area contributed by atoms with Crippen LogP contribution in [-0.4, -0.2) is 40.5 Å². The molecule has 0 unspecified atom stereocenters. The Hall–Kier alpha value is -2.27. The number of benzene rings is 1. The quantitative estimate of drug-likeness (QED) is 0.361. The SMILES string of the molecule is Cc1ccc([C@]2(OC(=O)C(=[N+]=N)c3cc4sc3CCC4)CN3CCCC[C@H]32)cc1. The number of fused-ring (bicyclic) bond motifs is 3. The van der Waals surface area contributed by atoms with E-state index in [-0.39, 0.29) is 11.8 Å². The Morgan fingerprint density at radius 3 is 2.79 bits per heavy atom. The normalized spacial score (nSPS) is 25.5. The van der Waals surface area contributed by atoms with Crippen molar-refractivity contribution >= 4 is 23.0 Å². The van der Waals surface area contributed by atoms with Gasteiger partial charge in [-0.25, -0.2) is 4.79 Å². The molecule has 1 aromatic heterocycles. The van der Waals surface area contributed by atoms with Gasteiger partial charge in [-0.1, -0.05) is 36.2 Å². The number of hydrogen-bond donors (Lipinski definition) is 1. The van der Waals surface area contributed by atoms with Crippen LogP contribution in [0.15, 0.2) is 30.3 Å². The summed E-state index contributed by atoms with van der Waals surface area (Å²) in [4.78, 5) is 21.8. The molecule has 6 heteroatoms. The molecule has 0 aliphatic carbocycles. The van der Waals surface area contributed by atoms with Crippen LogP contribution in [0.1, 0.15) is 52.1 Å². The first-order valence-electron chi connectivity index (χ1n) is 10.5. The summed E-state index contributed by atoms with van der Waals surface area (Å²) in [5.74, 6) is -0.460. The van der Waals surface area contributed by atoms with Crippen LogP contribution in [0.5, 0.6) is 0 Å². The minimum absolute atomic E-state index is 0.158. The number of carbonyl (C=O) groups is 1. The van der Waals surface area contributed by atoms with E-state index < -0.39 is 11.6 Å². The summed E-state index contributed by atoms with van der Waals surface area (Å²) in [7, 11) is 0. The molecule has 0 spiro atoms. The average molecular weight is 409 g/mol. The van der Waals surface area contributed by atoms with Gasteiger partial charge in [-0.05, 0) is 57.2 Å². The van der Waals surface area contributed by atoms with Gasteiger partial charge in [-0.2, -0.15) is 0 Å². The van der Waals surface area contributed by atoms with Crippen molar-refractivity contribution in [3.63, 3.8) is 0 Å². The topological polar surface area (TPSA) is 67.5 Å². The molecule has 1 aromatic carbocycles. The van der Waals surface area contributed by atoms with Gasteiger partial charge in [0.1, 0.15) is 0 Å². The summed E-state index contributed by atoms with van der Waals surface area (Å²) in [5.41, 5.74) is 10.3. The van der Waals surface area contributed by atoms with Gasteiger partial charge in [0.15, 0.2) is 5.60 Å². The molecule has 29 heavy (non-hydrogen) atoms. The number of rotatable bonds is 4. The number of thiophene rings is 1. The second-order valence-electron chi connectivity index (χ2n) is 8.49. The minimum Gasteiger partial charge on any atom is -0.442 e. The van der Waals surface area contributed by atoms with Crippen LogP contribution in [0.2, 0.25) is 0 Å². The Balaban J connectivity index is 1.48. The number of hydrogen-bond acceptors (Lipinski definition) is 5. The maximum Gasteiger partial charge on any atom is 0.456 e. The summed E-state index contributed by atoms with van der Waals surface area (Å²) in [6.45, 7) is 3.85. The lowest BCUT2D eigenvalue weighted by molar-refractivity contribution is -0.210. The predicted octanol–water partition coefficient (Wildman–Crippen LogP) is 3.88. The maximum absolute atomic E-state index is 13.3. The molecule has 5 nitrogen and oxygen atoms in total. The highest BCUT2D eigenvalue weighted by Gasteiger charge is 2.58. The summed E-state index contributed by atoms with van der Waals surface area (Å²) in [6, 6.07) is 10.6. The van der Waals surface area contributed by atoms with Crippen molar-refractivity contribution < 1.29 is 14.3 Å². The largest absolute Gasteiger partial charge is 0.456 e. The second kappa shape index (κ2) is 7.21. The molecule has 4 heterocycles. The molecule has 2 saturated heterocycles. The molecule has 2 fully saturated rings. The molecule has 2 aromatic rings. The molecule has 1 N–H and O–H groups in total. The summed E-state index contributed by atoms with van der Waals surface area (Å²) < 4.78 is 6.28. The number of piperidine rings is 1. The van der Waals surface area contributed by atoms with Crippen molar-refractivity contribution in [3.8, 4) is 0 Å². The maximum atomic E-state index is 13.3. The zero-order chi connectivity index (χ0) is 20.0. The van der Waals surface area contributed by atoms with Crippen LogP contribution in [-0.2, 0) is 28.0 Å². The van der Waals surface area contributed by atoms with Crippen molar-refractivity contribution in [1.29, 1.82) is 5.53 Å². The fraction of sp³-hybridized carbons (Fsp3) is 0.478. The van der Waals surface area contributed by atoms with Gasteiger partial charge >= 0.3 is 11.7 Å². The second-order valence-corrected chi connectivity index (χ2v) is 9.71. The summed E-state index contributed by atoms with van der Waals surface area (Å²) in [6.07, 6.45) is 6.48. The third-order valence-electron chi connectivity index (χ3n) is 6.65. The summed E-state index contributed by atoms with van der Waals surface area (Å²) >= 11 is 1.74. The number of nitrogens with one attached hydrogen (secondary N) is 1. The van der Waals surface area contributed by atoms with E-state index in [0.717, 1.165) is 61.2 Å². The van der Waals surface area contributed by atoms with Crippen molar-refractivity contribution in [2.75, 3.05) is 13.1 Å². The van der Waals surface area contributed by atoms with Gasteiger partial charge in [0, 0.05) is 16.3 Å². The molecule has 2 atom stereocenters. The Bertz CT molecular complexity index is 1010. The lowest BCUT2D eigenvalue weighted by atomic mass is 9.73. The third-order valence-corrected chi connectivity index (χ3v) is 7.91. The van der Waals surface area contributed by atoms with E-state index in [2.05, 4.69) is 40.9 Å². The Morgan fingerprint density at radius 1 is 1.24 bits per heavy atom. The first kappa shape index (κ1) is 18.7. The molecule has 2 bridgehead atoms. The molecular formula is C23H26N3O2S+. The average Bonchev–Trinajstić information content (AvgIpc) is 3.00. The molecule has 150 valence electrons. The van der Waals surface area contributed by atoms with E-state index in [1.807, 2.05) is 6.07 Å². The van der Waals surface area contributed by atoms with E-state index in [1.54, 1.807) is 11.3 Å². The van der Waals surface area contributed by atoms with Crippen LogP contribution in [0, 0.1) is 12.5 Å². The molecule has 3 aliphatic heterocycles. The molecule has 0 amide bonds. The number of carbonyl (C=O) groups excluding carboxylic acids is 1. The first-order valence-corrected chi connectivity index (χ1v) is 11.3. The van der Waals surface area contributed by atoms with Crippen LogP contribution in [0.3, 0.4) is 0 Å². The lowest BCUT2D eigenvalue weighted by Crippen LogP contribution is -2.70. The molecule has 0 saturated carbocycles. The highest BCUT2D eigenvalue weighted by molar-refractivity contribution is 7.12. The number of nitrogens with zero attached hydrogens (tertiary/aromatic N) is 2. The fourth-order valence-corrected chi connectivity index (χ4v) is 6.38. The fourth-order valence-electron chi connectivity index (χ4n) is 5.13. The van der Waals surface area contributed by atoms with Crippen molar-refractivity contribution in [1.82, 2.24) is 4.90 Å². The Labute approximate surface area is 174 Å². The number of ether oxygens (including phenoxy) is 1. The lowest BCUT2D eigenvalue weighted by Gasteiger charge is -2.58. The monoisotopic (exact) mass is 408 g/mol. The highest BCUT2D eigenvalue weighted by atomic mass is 32.1. The van der Waals surface area contributed by atoms with E-state index in [9.17, 15) is 4.79 Å². The van der Waals surface area contributed by atoms with Gasteiger partial charge in [0.25, 0.3) is 0 Å². The first-order chi connectivity index (χ1) is 14.1. The van der Waals surface area contributed by atoms with E-state index in [0.29, 0.717) is 0 Å². The van der Waals surface area contributed by atoms with Gasteiger partial charge in [-0.15, -0.1) is 11.3 Å². The van der Waals surface area contributed by atoms with Crippen molar-refractivity contribution in [3.05, 3.63) is 56.8 Å². The third kappa shape index (κ3) is 3.07. The van der Waals surface area contributed by atoms with Gasteiger partial charge < -0.3 is 4.74 Å². The number of esters is 1. The standard InChI is InChI=1S/C23H26N3O2S/c1-15-8-10-16(11-9-15)23(14-26-12-3-2-7-20(23)26)28-22(27)21(25-24)18-13-17-5-4-6-19(18)29-17/h8-11,13,20,24H,2-7,12,14H2,1H3/q+1/t20-,23+/m0/s1. The molecular weight excluding hydrogens is 382 g/mol. The van der Waals surface area contributed by atoms with E-state index in [1.165, 1.54) is 16.9 Å². The van der Waals surface area contributed by atoms with Crippen LogP contribution in [0.4, 0.5) is 0 Å². The summed E-state index contributed by atoms with van der Waals surface area (Å²) in [5, 5.41) is 0. The molecule has 0 radical (unpaired) electrons. The van der Waals surface area contributed by atoms with Gasteiger partial charge in [-0.3, -0.25) is 4.90 Å². The van der Waals surface area contributed by atoms with E-state index >= 15 is 0 Å². The molecule has 5 rings (SSSR count). The zero-order valence-electron chi connectivity index (χ0n) is 16.7. The van der Waals surface area contributed by atoms with Gasteiger partial charge in [0.05, 0.1) is 21.9 Å². The minimum atomic E-state index is -0.639.